The molecule has 0 amide bonds. The normalized spacial score (nSPS) is 20.9. The van der Waals surface area contributed by atoms with E-state index < -0.39 is 0 Å². The van der Waals surface area contributed by atoms with Gasteiger partial charge >= 0.3 is 0 Å². The summed E-state index contributed by atoms with van der Waals surface area (Å²) in [5, 5.41) is 0. The minimum absolute atomic E-state index is 0.702. The fourth-order valence-corrected chi connectivity index (χ4v) is 1.67. The van der Waals surface area contributed by atoms with Crippen LogP contribution in [0, 0.1) is 18.3 Å². The molecule has 1 aliphatic rings. The molecule has 0 nitrogen and oxygen atoms in total. The summed E-state index contributed by atoms with van der Waals surface area (Å²) in [6, 6.07) is 0. The van der Waals surface area contributed by atoms with Gasteiger partial charge in [0.05, 0.1) is 0 Å². The number of rotatable bonds is 3. The molecule has 50 valence electrons. The van der Waals surface area contributed by atoms with Crippen LogP contribution in [-0.2, 0) is 0 Å². The average molecular weight is 187 g/mol. The van der Waals surface area contributed by atoms with Crippen molar-refractivity contribution in [2.75, 3.05) is 0 Å². The predicted octanol–water partition coefficient (Wildman–Crippen LogP) is 2.57. The lowest BCUT2D eigenvalue weighted by atomic mass is 10.2. The molecule has 0 N–H and O–H groups in total. The Hall–Kier alpha value is 0.0400. The topological polar surface area (TPSA) is 0 Å². The van der Waals surface area contributed by atoms with Gasteiger partial charge in [-0.15, -0.1) is 12.3 Å². The van der Waals surface area contributed by atoms with E-state index in [-0.39, 0.29) is 0 Å². The molecule has 9 heavy (non-hydrogen) atoms. The van der Waals surface area contributed by atoms with Crippen molar-refractivity contribution in [1.82, 2.24) is 0 Å². The predicted molar refractivity (Wildman–Crippen MR) is 43.5 cm³/mol. The van der Waals surface area contributed by atoms with E-state index in [1.165, 1.54) is 12.8 Å². The summed E-state index contributed by atoms with van der Waals surface area (Å²) in [6.07, 6.45) is 10.0. The number of hydrogen-bond acceptors (Lipinski definition) is 0. The van der Waals surface area contributed by atoms with E-state index in [2.05, 4.69) is 21.9 Å². The van der Waals surface area contributed by atoms with Crippen LogP contribution in [-0.4, -0.2) is 4.83 Å². The summed E-state index contributed by atoms with van der Waals surface area (Å²) < 4.78 is 0. The van der Waals surface area contributed by atoms with Crippen molar-refractivity contribution in [3.05, 3.63) is 0 Å². The van der Waals surface area contributed by atoms with E-state index in [1.807, 2.05) is 0 Å². The molecule has 0 aromatic carbocycles. The van der Waals surface area contributed by atoms with E-state index in [0.29, 0.717) is 4.83 Å². The fourth-order valence-electron chi connectivity index (χ4n) is 0.915. The lowest BCUT2D eigenvalue weighted by Crippen LogP contribution is -1.98. The van der Waals surface area contributed by atoms with E-state index in [0.717, 1.165) is 18.8 Å². The zero-order chi connectivity index (χ0) is 6.69. The summed E-state index contributed by atoms with van der Waals surface area (Å²) in [6.45, 7) is 0. The largest absolute Gasteiger partial charge is 0.120 e. The third kappa shape index (κ3) is 2.41. The standard InChI is InChI=1S/C8H11Br/c1-2-3-4-8(9)7-5-6-7/h1,7-8H,3-6H2. The molecule has 0 heterocycles. The first-order valence-electron chi connectivity index (χ1n) is 3.42. The second-order valence-electron chi connectivity index (χ2n) is 2.60. The third-order valence-corrected chi connectivity index (χ3v) is 2.90. The SMILES string of the molecule is C#CCCC(Br)C1CC1. The van der Waals surface area contributed by atoms with E-state index >= 15 is 0 Å². The van der Waals surface area contributed by atoms with Crippen LogP contribution in [0.4, 0.5) is 0 Å². The van der Waals surface area contributed by atoms with Gasteiger partial charge in [-0.3, -0.25) is 0 Å². The molecular weight excluding hydrogens is 176 g/mol. The maximum Gasteiger partial charge on any atom is 0.0183 e. The zero-order valence-electron chi connectivity index (χ0n) is 5.44. The maximum atomic E-state index is 5.13. The molecule has 1 saturated carbocycles. The number of alkyl halides is 1. The molecule has 0 aromatic rings. The minimum atomic E-state index is 0.702. The Bertz CT molecular complexity index is 119. The van der Waals surface area contributed by atoms with Crippen LogP contribution in [0.15, 0.2) is 0 Å². The summed E-state index contributed by atoms with van der Waals surface area (Å²) >= 11 is 3.61. The first kappa shape index (κ1) is 7.15. The second-order valence-corrected chi connectivity index (χ2v) is 3.77. The van der Waals surface area contributed by atoms with Crippen LogP contribution in [0.2, 0.25) is 0 Å². The molecule has 1 atom stereocenters. The summed E-state index contributed by atoms with van der Waals surface area (Å²) in [5.41, 5.74) is 0. The second kappa shape index (κ2) is 3.27. The highest BCUT2D eigenvalue weighted by Gasteiger charge is 2.28. The fraction of sp³-hybridized carbons (Fsp3) is 0.750. The van der Waals surface area contributed by atoms with E-state index in [4.69, 9.17) is 6.42 Å². The van der Waals surface area contributed by atoms with E-state index in [1.54, 1.807) is 0 Å². The van der Waals surface area contributed by atoms with Gasteiger partial charge in [0, 0.05) is 11.2 Å². The minimum Gasteiger partial charge on any atom is -0.120 e. The van der Waals surface area contributed by atoms with E-state index in [9.17, 15) is 0 Å². The Morgan fingerprint density at radius 1 is 1.67 bits per heavy atom. The lowest BCUT2D eigenvalue weighted by molar-refractivity contribution is 0.713. The van der Waals surface area contributed by atoms with Gasteiger partial charge in [-0.1, -0.05) is 15.9 Å². The average Bonchev–Trinajstić information content (AvgIpc) is 2.63. The molecule has 0 radical (unpaired) electrons. The van der Waals surface area contributed by atoms with Crippen molar-refractivity contribution >= 4 is 15.9 Å². The first-order valence-corrected chi connectivity index (χ1v) is 4.33. The summed E-state index contributed by atoms with van der Waals surface area (Å²) in [7, 11) is 0. The highest BCUT2D eigenvalue weighted by molar-refractivity contribution is 9.09. The molecular formula is C8H11Br. The highest BCUT2D eigenvalue weighted by atomic mass is 79.9. The van der Waals surface area contributed by atoms with Crippen LogP contribution < -0.4 is 0 Å². The van der Waals surface area contributed by atoms with Crippen molar-refractivity contribution in [2.24, 2.45) is 5.92 Å². The van der Waals surface area contributed by atoms with Gasteiger partial charge in [0.15, 0.2) is 0 Å². The van der Waals surface area contributed by atoms with Gasteiger partial charge < -0.3 is 0 Å². The molecule has 1 fully saturated rings. The Morgan fingerprint density at radius 2 is 2.33 bits per heavy atom. The Morgan fingerprint density at radius 3 is 2.78 bits per heavy atom. The van der Waals surface area contributed by atoms with Gasteiger partial charge in [-0.25, -0.2) is 0 Å². The van der Waals surface area contributed by atoms with Gasteiger partial charge in [-0.05, 0) is 25.2 Å². The number of terminal acetylenes is 1. The van der Waals surface area contributed by atoms with Crippen LogP contribution >= 0.6 is 15.9 Å². The molecule has 0 spiro atoms. The van der Waals surface area contributed by atoms with Gasteiger partial charge in [-0.2, -0.15) is 0 Å². The Balaban J connectivity index is 2.04. The zero-order valence-corrected chi connectivity index (χ0v) is 7.02. The van der Waals surface area contributed by atoms with Crippen LogP contribution in [0.3, 0.4) is 0 Å². The molecule has 1 heteroatoms. The molecule has 0 aromatic heterocycles. The third-order valence-electron chi connectivity index (χ3n) is 1.70. The van der Waals surface area contributed by atoms with Gasteiger partial charge in [0.2, 0.25) is 0 Å². The molecule has 0 bridgehead atoms. The monoisotopic (exact) mass is 186 g/mol. The molecule has 0 saturated heterocycles. The smallest absolute Gasteiger partial charge is 0.0183 e. The van der Waals surface area contributed by atoms with Crippen LogP contribution in [0.5, 0.6) is 0 Å². The quantitative estimate of drug-likeness (QED) is 0.470. The molecule has 0 aliphatic heterocycles. The van der Waals surface area contributed by atoms with Crippen LogP contribution in [0.25, 0.3) is 0 Å². The summed E-state index contributed by atoms with van der Waals surface area (Å²) in [4.78, 5) is 0.702. The van der Waals surface area contributed by atoms with Crippen molar-refractivity contribution in [3.63, 3.8) is 0 Å². The summed E-state index contributed by atoms with van der Waals surface area (Å²) in [5.74, 6) is 3.59. The molecule has 1 unspecified atom stereocenters. The number of hydrogen-bond donors (Lipinski definition) is 0. The van der Waals surface area contributed by atoms with Crippen molar-refractivity contribution in [3.8, 4) is 12.3 Å². The first-order chi connectivity index (χ1) is 4.34. The van der Waals surface area contributed by atoms with Crippen LogP contribution in [0.1, 0.15) is 25.7 Å². The van der Waals surface area contributed by atoms with Crippen molar-refractivity contribution < 1.29 is 0 Å². The van der Waals surface area contributed by atoms with Gasteiger partial charge in [0.1, 0.15) is 0 Å². The number of halogens is 1. The Labute approximate surface area is 65.2 Å². The molecule has 1 rings (SSSR count). The maximum absolute atomic E-state index is 5.13. The highest BCUT2D eigenvalue weighted by Crippen LogP contribution is 2.38. The Kier molecular flexibility index (Phi) is 2.60. The lowest BCUT2D eigenvalue weighted by Gasteiger charge is -2.02. The van der Waals surface area contributed by atoms with Gasteiger partial charge in [0.25, 0.3) is 0 Å². The van der Waals surface area contributed by atoms with Crippen molar-refractivity contribution in [2.45, 2.75) is 30.5 Å². The molecule has 1 aliphatic carbocycles. The van der Waals surface area contributed by atoms with Crippen molar-refractivity contribution in [1.29, 1.82) is 0 Å².